The number of nitrogens with zero attached hydrogens (tertiary/aromatic N) is 2. The predicted molar refractivity (Wildman–Crippen MR) is 148 cm³/mol. The zero-order valence-electron chi connectivity index (χ0n) is 23.1. The molecule has 2 heterocycles. The number of fused-ring (bicyclic) bond motifs is 1. The number of hydrogen-bond donors (Lipinski definition) is 1. The molecular formula is C30H37N3O6. The van der Waals surface area contributed by atoms with Gasteiger partial charge in [0, 0.05) is 32.0 Å². The van der Waals surface area contributed by atoms with Gasteiger partial charge in [-0.15, -0.1) is 0 Å². The van der Waals surface area contributed by atoms with Crippen LogP contribution in [0, 0.1) is 20.8 Å². The Balaban J connectivity index is 1.52. The lowest BCUT2D eigenvalue weighted by Crippen LogP contribution is -2.44. The molecule has 1 aromatic heterocycles. The van der Waals surface area contributed by atoms with Crippen LogP contribution in [0.3, 0.4) is 0 Å². The highest BCUT2D eigenvalue weighted by atomic mass is 16.7. The summed E-state index contributed by atoms with van der Waals surface area (Å²) in [6.45, 7) is 9.92. The molecule has 1 aliphatic rings. The van der Waals surface area contributed by atoms with Gasteiger partial charge in [-0.05, 0) is 81.1 Å². The molecule has 208 valence electrons. The van der Waals surface area contributed by atoms with Gasteiger partial charge in [0.25, 0.3) is 0 Å². The fourth-order valence-electron chi connectivity index (χ4n) is 4.35. The van der Waals surface area contributed by atoms with Gasteiger partial charge in [0.15, 0.2) is 11.5 Å². The van der Waals surface area contributed by atoms with Gasteiger partial charge in [-0.1, -0.05) is 18.2 Å². The van der Waals surface area contributed by atoms with E-state index in [1.54, 1.807) is 9.80 Å². The van der Waals surface area contributed by atoms with E-state index in [0.717, 1.165) is 28.1 Å². The average molecular weight is 536 g/mol. The zero-order chi connectivity index (χ0) is 27.8. The Hall–Kier alpha value is -3.98. The summed E-state index contributed by atoms with van der Waals surface area (Å²) in [5.74, 6) is 2.57. The number of anilines is 1. The van der Waals surface area contributed by atoms with E-state index in [-0.39, 0.29) is 31.8 Å². The third-order valence-electron chi connectivity index (χ3n) is 6.69. The second-order valence-corrected chi connectivity index (χ2v) is 9.60. The van der Waals surface area contributed by atoms with Crippen molar-refractivity contribution in [2.45, 2.75) is 47.2 Å². The molecule has 0 aliphatic carbocycles. The monoisotopic (exact) mass is 535 g/mol. The van der Waals surface area contributed by atoms with Crippen molar-refractivity contribution in [2.24, 2.45) is 0 Å². The fraction of sp³-hybridized carbons (Fsp3) is 0.400. The van der Waals surface area contributed by atoms with Crippen LogP contribution in [0.15, 0.2) is 52.9 Å². The Morgan fingerprint density at radius 3 is 2.56 bits per heavy atom. The highest BCUT2D eigenvalue weighted by Crippen LogP contribution is 2.33. The van der Waals surface area contributed by atoms with Crippen molar-refractivity contribution < 1.29 is 28.2 Å². The molecular weight excluding hydrogens is 498 g/mol. The number of aryl methyl sites for hydroxylation is 2. The molecule has 0 bridgehead atoms. The van der Waals surface area contributed by atoms with Crippen molar-refractivity contribution in [3.05, 3.63) is 76.7 Å². The maximum Gasteiger partial charge on any atom is 0.322 e. The van der Waals surface area contributed by atoms with Crippen LogP contribution in [0.5, 0.6) is 11.5 Å². The number of furan rings is 1. The van der Waals surface area contributed by atoms with E-state index in [1.807, 2.05) is 76.2 Å². The molecule has 0 unspecified atom stereocenters. The van der Waals surface area contributed by atoms with Crippen molar-refractivity contribution in [1.82, 2.24) is 9.80 Å². The van der Waals surface area contributed by atoms with Crippen molar-refractivity contribution >= 4 is 17.6 Å². The molecule has 3 amide bonds. The lowest BCUT2D eigenvalue weighted by molar-refractivity contribution is -0.133. The summed E-state index contributed by atoms with van der Waals surface area (Å²) in [6, 6.07) is 14.8. The fourth-order valence-corrected chi connectivity index (χ4v) is 4.35. The van der Waals surface area contributed by atoms with Gasteiger partial charge in [0.05, 0.1) is 6.54 Å². The van der Waals surface area contributed by atoms with Crippen molar-refractivity contribution in [1.29, 1.82) is 0 Å². The summed E-state index contributed by atoms with van der Waals surface area (Å²) in [6.07, 6.45) is 0.612. The maximum absolute atomic E-state index is 13.7. The number of nitrogens with one attached hydrogen (secondary N) is 1. The van der Waals surface area contributed by atoms with Crippen LogP contribution in [0.1, 0.15) is 41.6 Å². The van der Waals surface area contributed by atoms with Crippen molar-refractivity contribution in [3.63, 3.8) is 0 Å². The van der Waals surface area contributed by atoms with Gasteiger partial charge in [-0.3, -0.25) is 4.79 Å². The molecule has 4 rings (SSSR count). The minimum atomic E-state index is -0.328. The molecule has 9 nitrogen and oxygen atoms in total. The number of carbonyl (C=O) groups is 2. The summed E-state index contributed by atoms with van der Waals surface area (Å²) >= 11 is 0. The Kier molecular flexibility index (Phi) is 9.49. The minimum Gasteiger partial charge on any atom is -0.464 e. The largest absolute Gasteiger partial charge is 0.464 e. The summed E-state index contributed by atoms with van der Waals surface area (Å²) < 4.78 is 22.2. The predicted octanol–water partition coefficient (Wildman–Crippen LogP) is 5.42. The summed E-state index contributed by atoms with van der Waals surface area (Å²) in [4.78, 5) is 30.4. The first-order valence-electron chi connectivity index (χ1n) is 13.3. The first-order valence-corrected chi connectivity index (χ1v) is 13.3. The van der Waals surface area contributed by atoms with Gasteiger partial charge in [0.2, 0.25) is 12.7 Å². The molecule has 0 spiro atoms. The summed E-state index contributed by atoms with van der Waals surface area (Å²) in [5.41, 5.74) is 3.68. The molecule has 1 N–H and O–H groups in total. The molecule has 2 aromatic carbocycles. The maximum atomic E-state index is 13.7. The highest BCUT2D eigenvalue weighted by Gasteiger charge is 2.24. The van der Waals surface area contributed by atoms with E-state index in [1.165, 1.54) is 0 Å². The summed E-state index contributed by atoms with van der Waals surface area (Å²) in [7, 11) is 0. The molecule has 0 saturated heterocycles. The van der Waals surface area contributed by atoms with Gasteiger partial charge in [0.1, 0.15) is 18.1 Å². The molecule has 0 radical (unpaired) electrons. The second-order valence-electron chi connectivity index (χ2n) is 9.60. The number of ether oxygens (including phenoxy) is 3. The molecule has 0 atom stereocenters. The van der Waals surface area contributed by atoms with E-state index >= 15 is 0 Å². The summed E-state index contributed by atoms with van der Waals surface area (Å²) in [5, 5.41) is 2.99. The first-order chi connectivity index (χ1) is 18.8. The third kappa shape index (κ3) is 7.54. The number of benzene rings is 2. The quantitative estimate of drug-likeness (QED) is 0.311. The number of urea groups is 1. The van der Waals surface area contributed by atoms with E-state index in [9.17, 15) is 9.59 Å². The normalized spacial score (nSPS) is 11.9. The molecule has 39 heavy (non-hydrogen) atoms. The van der Waals surface area contributed by atoms with E-state index < -0.39 is 0 Å². The minimum absolute atomic E-state index is 0.0902. The Morgan fingerprint density at radius 1 is 0.974 bits per heavy atom. The van der Waals surface area contributed by atoms with Crippen LogP contribution >= 0.6 is 0 Å². The lowest BCUT2D eigenvalue weighted by atomic mass is 10.1. The smallest absolute Gasteiger partial charge is 0.322 e. The van der Waals surface area contributed by atoms with Gasteiger partial charge >= 0.3 is 6.03 Å². The Morgan fingerprint density at radius 2 is 1.79 bits per heavy atom. The second kappa shape index (κ2) is 13.2. The number of amides is 3. The first kappa shape index (κ1) is 28.0. The van der Waals surface area contributed by atoms with Crippen LogP contribution < -0.4 is 14.8 Å². The van der Waals surface area contributed by atoms with E-state index in [0.29, 0.717) is 50.0 Å². The molecule has 9 heteroatoms. The van der Waals surface area contributed by atoms with E-state index in [4.69, 9.17) is 18.6 Å². The molecule has 0 fully saturated rings. The van der Waals surface area contributed by atoms with Gasteiger partial charge in [-0.2, -0.15) is 0 Å². The Bertz CT molecular complexity index is 1290. The van der Waals surface area contributed by atoms with E-state index in [2.05, 4.69) is 5.32 Å². The van der Waals surface area contributed by atoms with Crippen LogP contribution in [-0.2, 0) is 22.6 Å². The van der Waals surface area contributed by atoms with Crippen molar-refractivity contribution in [3.8, 4) is 11.5 Å². The third-order valence-corrected chi connectivity index (χ3v) is 6.69. The lowest BCUT2D eigenvalue weighted by Gasteiger charge is -2.28. The Labute approximate surface area is 229 Å². The number of hydrogen-bond acceptors (Lipinski definition) is 6. The zero-order valence-corrected chi connectivity index (χ0v) is 23.1. The van der Waals surface area contributed by atoms with Crippen LogP contribution in [0.2, 0.25) is 0 Å². The molecule has 3 aromatic rings. The van der Waals surface area contributed by atoms with Crippen LogP contribution in [-0.4, -0.2) is 54.8 Å². The van der Waals surface area contributed by atoms with Gasteiger partial charge in [-0.25, -0.2) is 4.79 Å². The average Bonchev–Trinajstić information content (AvgIpc) is 3.56. The highest BCUT2D eigenvalue weighted by molar-refractivity contribution is 5.93. The number of carbonyl (C=O) groups excluding carboxylic acids is 2. The molecule has 1 aliphatic heterocycles. The van der Waals surface area contributed by atoms with Crippen LogP contribution in [0.25, 0.3) is 0 Å². The number of rotatable bonds is 12. The van der Waals surface area contributed by atoms with Crippen molar-refractivity contribution in [2.75, 3.05) is 38.4 Å². The SMILES string of the molecule is CCOCCCN(CC(=O)N(Cc1ccc2c(c1)OCO2)Cc1ccc(C)o1)C(=O)Nc1cccc(C)c1C. The van der Waals surface area contributed by atoms with Gasteiger partial charge < -0.3 is 33.7 Å². The standard InChI is InChI=1S/C30H37N3O6/c1-5-36-15-7-14-32(30(35)31-26-9-6-8-21(2)23(26)4)19-29(34)33(18-25-12-10-22(3)39-25)17-24-11-13-27-28(16-24)38-20-37-27/h6,8-13,16H,5,7,14-15,17-20H2,1-4H3,(H,31,35). The topological polar surface area (TPSA) is 93.5 Å². The molecule has 0 saturated carbocycles. The van der Waals surface area contributed by atoms with Crippen LogP contribution in [0.4, 0.5) is 10.5 Å².